The van der Waals surface area contributed by atoms with Crippen molar-refractivity contribution in [3.05, 3.63) is 52.4 Å². The Kier molecular flexibility index (Phi) is 5.25. The van der Waals surface area contributed by atoms with Crippen LogP contribution in [0.25, 0.3) is 5.78 Å². The van der Waals surface area contributed by atoms with Crippen molar-refractivity contribution in [1.82, 2.24) is 24.5 Å². The number of hydrogen-bond donors (Lipinski definition) is 1. The van der Waals surface area contributed by atoms with Gasteiger partial charge in [-0.3, -0.25) is 0 Å². The summed E-state index contributed by atoms with van der Waals surface area (Å²) in [5.74, 6) is -0.956. The van der Waals surface area contributed by atoms with Gasteiger partial charge < -0.3 is 10.2 Å². The fourth-order valence-corrected chi connectivity index (χ4v) is 3.01. The van der Waals surface area contributed by atoms with E-state index in [0.717, 1.165) is 10.1 Å². The molecule has 3 rings (SSSR count). The normalized spacial score (nSPS) is 13.3. The number of nitrogens with one attached hydrogen (secondary N) is 1. The smallest absolute Gasteiger partial charge is 0.368 e. The van der Waals surface area contributed by atoms with Gasteiger partial charge in [-0.25, -0.2) is 4.98 Å². The third kappa shape index (κ3) is 4.14. The maximum absolute atomic E-state index is 12.9. The summed E-state index contributed by atoms with van der Waals surface area (Å²) in [5.41, 5.74) is 1.44. The topological polar surface area (TPSA) is 58.4 Å². The van der Waals surface area contributed by atoms with Gasteiger partial charge in [-0.1, -0.05) is 29.8 Å². The largest absolute Gasteiger partial charge is 0.453 e. The van der Waals surface area contributed by atoms with E-state index in [1.807, 2.05) is 37.2 Å². The van der Waals surface area contributed by atoms with Crippen LogP contribution in [-0.2, 0) is 6.18 Å². The van der Waals surface area contributed by atoms with Gasteiger partial charge in [0.2, 0.25) is 0 Å². The number of alkyl halides is 3. The summed E-state index contributed by atoms with van der Waals surface area (Å²) in [6, 6.07) is 8.97. The van der Waals surface area contributed by atoms with Crippen LogP contribution in [0.2, 0.25) is 5.02 Å². The zero-order valence-electron chi connectivity index (χ0n) is 14.9. The Morgan fingerprint density at radius 2 is 1.93 bits per heavy atom. The number of fused-ring (bicyclic) bond motifs is 1. The second-order valence-corrected chi connectivity index (χ2v) is 6.72. The van der Waals surface area contributed by atoms with Gasteiger partial charge in [0.05, 0.1) is 6.04 Å². The molecule has 0 saturated carbocycles. The van der Waals surface area contributed by atoms with Crippen LogP contribution in [0.1, 0.15) is 23.1 Å². The van der Waals surface area contributed by atoms with Crippen molar-refractivity contribution in [3.63, 3.8) is 0 Å². The van der Waals surface area contributed by atoms with E-state index in [1.54, 1.807) is 19.1 Å². The van der Waals surface area contributed by atoms with Gasteiger partial charge in [0, 0.05) is 23.3 Å². The summed E-state index contributed by atoms with van der Waals surface area (Å²) in [5, 5.41) is 7.33. The maximum atomic E-state index is 12.9. The van der Waals surface area contributed by atoms with Crippen LogP contribution < -0.4 is 5.32 Å². The average Bonchev–Trinajstić information content (AvgIpc) is 3.00. The molecule has 3 aromatic rings. The molecule has 0 aliphatic heterocycles. The van der Waals surface area contributed by atoms with Crippen LogP contribution in [0.4, 0.5) is 19.0 Å². The maximum Gasteiger partial charge on any atom is 0.453 e. The van der Waals surface area contributed by atoms with Gasteiger partial charge >= 0.3 is 6.18 Å². The van der Waals surface area contributed by atoms with E-state index < -0.39 is 12.0 Å². The molecular formula is C17H18ClF3N6. The lowest BCUT2D eigenvalue weighted by molar-refractivity contribution is -0.144. The van der Waals surface area contributed by atoms with Crippen molar-refractivity contribution in [1.29, 1.82) is 0 Å². The van der Waals surface area contributed by atoms with E-state index in [1.165, 1.54) is 0 Å². The molecule has 1 atom stereocenters. The highest BCUT2D eigenvalue weighted by Crippen LogP contribution is 2.28. The highest BCUT2D eigenvalue weighted by Gasteiger charge is 2.36. The molecule has 2 heterocycles. The number of rotatable bonds is 5. The summed E-state index contributed by atoms with van der Waals surface area (Å²) in [4.78, 5) is 9.48. The van der Waals surface area contributed by atoms with Crippen molar-refractivity contribution < 1.29 is 13.2 Å². The third-order valence-electron chi connectivity index (χ3n) is 4.06. The molecule has 0 amide bonds. The Labute approximate surface area is 159 Å². The molecule has 144 valence electrons. The standard InChI is InChI=1S/C17H18ClF3N6/c1-10-8-14(27-16(23-10)24-15(25-27)17(19,20)21)22-9-13(26(2)3)11-6-4-5-7-12(11)18/h4-8,13,22H,9H2,1-3H3. The first-order chi connectivity index (χ1) is 12.7. The molecule has 2 aromatic heterocycles. The highest BCUT2D eigenvalue weighted by atomic mass is 35.5. The molecule has 1 N–H and O–H groups in total. The molecule has 0 fully saturated rings. The molecular weight excluding hydrogens is 381 g/mol. The minimum absolute atomic E-state index is 0.104. The molecule has 1 aromatic carbocycles. The number of hydrogen-bond acceptors (Lipinski definition) is 5. The fourth-order valence-electron chi connectivity index (χ4n) is 2.75. The summed E-state index contributed by atoms with van der Waals surface area (Å²) < 4.78 is 39.9. The minimum Gasteiger partial charge on any atom is -0.368 e. The molecule has 27 heavy (non-hydrogen) atoms. The van der Waals surface area contributed by atoms with Crippen LogP contribution in [0, 0.1) is 6.92 Å². The summed E-state index contributed by atoms with van der Waals surface area (Å²) >= 11 is 6.30. The van der Waals surface area contributed by atoms with Gasteiger partial charge in [0.15, 0.2) is 0 Å². The molecule has 0 spiro atoms. The second-order valence-electron chi connectivity index (χ2n) is 6.31. The number of benzene rings is 1. The molecule has 1 unspecified atom stereocenters. The summed E-state index contributed by atoms with van der Waals surface area (Å²) in [7, 11) is 3.81. The van der Waals surface area contributed by atoms with E-state index in [-0.39, 0.29) is 11.8 Å². The molecule has 6 nitrogen and oxygen atoms in total. The number of likely N-dealkylation sites (N-methyl/N-ethyl adjacent to an activating group) is 1. The quantitative estimate of drug-likeness (QED) is 0.708. The van der Waals surface area contributed by atoms with Gasteiger partial charge in [-0.15, -0.1) is 5.10 Å². The minimum atomic E-state index is -4.64. The number of aromatic nitrogens is 4. The predicted molar refractivity (Wildman–Crippen MR) is 96.9 cm³/mol. The average molecular weight is 399 g/mol. The molecule has 0 saturated heterocycles. The monoisotopic (exact) mass is 398 g/mol. The molecule has 0 radical (unpaired) electrons. The zero-order chi connectivity index (χ0) is 19.8. The first kappa shape index (κ1) is 19.4. The van der Waals surface area contributed by atoms with Gasteiger partial charge in [-0.05, 0) is 32.6 Å². The summed E-state index contributed by atoms with van der Waals surface area (Å²) in [6.45, 7) is 2.08. The van der Waals surface area contributed by atoms with E-state index in [4.69, 9.17) is 11.6 Å². The Morgan fingerprint density at radius 3 is 2.56 bits per heavy atom. The number of anilines is 1. The number of aryl methyl sites for hydroxylation is 1. The Bertz CT molecular complexity index is 953. The Balaban J connectivity index is 1.93. The van der Waals surface area contributed by atoms with Crippen LogP contribution in [-0.4, -0.2) is 45.1 Å². The number of halogens is 4. The lowest BCUT2D eigenvalue weighted by atomic mass is 10.1. The molecule has 0 aliphatic rings. The van der Waals surface area contributed by atoms with Crippen molar-refractivity contribution in [2.24, 2.45) is 0 Å². The summed E-state index contributed by atoms with van der Waals surface area (Å²) in [6.07, 6.45) is -4.64. The fraction of sp³-hybridized carbons (Fsp3) is 0.353. The molecule has 0 aliphatic carbocycles. The Morgan fingerprint density at radius 1 is 1.22 bits per heavy atom. The van der Waals surface area contributed by atoms with Crippen molar-refractivity contribution in [2.75, 3.05) is 26.0 Å². The third-order valence-corrected chi connectivity index (χ3v) is 4.40. The van der Waals surface area contributed by atoms with E-state index >= 15 is 0 Å². The predicted octanol–water partition coefficient (Wildman–Crippen LogP) is 3.82. The first-order valence-corrected chi connectivity index (χ1v) is 8.51. The van der Waals surface area contributed by atoms with Gasteiger partial charge in [0.1, 0.15) is 5.82 Å². The number of nitrogens with zero attached hydrogens (tertiary/aromatic N) is 5. The highest BCUT2D eigenvalue weighted by molar-refractivity contribution is 6.31. The molecule has 10 heteroatoms. The lowest BCUT2D eigenvalue weighted by Gasteiger charge is -2.26. The van der Waals surface area contributed by atoms with Crippen LogP contribution in [0.3, 0.4) is 0 Å². The van der Waals surface area contributed by atoms with Crippen LogP contribution >= 0.6 is 11.6 Å². The first-order valence-electron chi connectivity index (χ1n) is 8.13. The van der Waals surface area contributed by atoms with Crippen molar-refractivity contribution in [2.45, 2.75) is 19.1 Å². The lowest BCUT2D eigenvalue weighted by Crippen LogP contribution is -2.27. The van der Waals surface area contributed by atoms with E-state index in [9.17, 15) is 13.2 Å². The molecule has 0 bridgehead atoms. The Hall–Kier alpha value is -2.39. The van der Waals surface area contributed by atoms with Crippen LogP contribution in [0.5, 0.6) is 0 Å². The van der Waals surface area contributed by atoms with E-state index in [0.29, 0.717) is 23.1 Å². The SMILES string of the molecule is Cc1cc(NCC(c2ccccc2Cl)N(C)C)n2nc(C(F)(F)F)nc2n1. The van der Waals surface area contributed by atoms with Crippen molar-refractivity contribution >= 4 is 23.2 Å². The second kappa shape index (κ2) is 7.32. The zero-order valence-corrected chi connectivity index (χ0v) is 15.7. The van der Waals surface area contributed by atoms with Gasteiger partial charge in [-0.2, -0.15) is 22.7 Å². The van der Waals surface area contributed by atoms with E-state index in [2.05, 4.69) is 20.4 Å². The van der Waals surface area contributed by atoms with Crippen molar-refractivity contribution in [3.8, 4) is 0 Å². The van der Waals surface area contributed by atoms with Gasteiger partial charge in [0.25, 0.3) is 11.6 Å². The van der Waals surface area contributed by atoms with Crippen LogP contribution in [0.15, 0.2) is 30.3 Å².